The van der Waals surface area contributed by atoms with Crippen LogP contribution in [0.5, 0.6) is 0 Å². The van der Waals surface area contributed by atoms with Crippen LogP contribution in [-0.4, -0.2) is 11.2 Å². The highest BCUT2D eigenvalue weighted by Gasteiger charge is 2.28. The highest BCUT2D eigenvalue weighted by Crippen LogP contribution is 2.23. The van der Waals surface area contributed by atoms with Crippen LogP contribution >= 0.6 is 11.6 Å². The summed E-state index contributed by atoms with van der Waals surface area (Å²) in [4.78, 5) is 0. The number of rotatable bonds is 2. The number of benzene rings is 2. The Labute approximate surface area is 134 Å². The van der Waals surface area contributed by atoms with E-state index in [4.69, 9.17) is 16.3 Å². The number of aromatic nitrogens is 2. The molecule has 1 aliphatic heterocycles. The standard InChI is InChI=1S/C18H16ClN2O/c19-15-8-6-14(7-9-15)17-12-21(16-4-2-1-3-5-16)18-13-22-11-10-20(17)18/h1-9,12H,10-11,13H2/q+1. The maximum Gasteiger partial charge on any atom is 0.288 e. The Morgan fingerprint density at radius 1 is 1.00 bits per heavy atom. The third kappa shape index (κ3) is 2.32. The zero-order valence-corrected chi connectivity index (χ0v) is 12.8. The quantitative estimate of drug-likeness (QED) is 0.661. The lowest BCUT2D eigenvalue weighted by molar-refractivity contribution is -0.706. The molecule has 1 aliphatic rings. The first kappa shape index (κ1) is 13.6. The van der Waals surface area contributed by atoms with Gasteiger partial charge >= 0.3 is 0 Å². The van der Waals surface area contributed by atoms with Gasteiger partial charge < -0.3 is 4.74 Å². The molecule has 3 aromatic rings. The number of ether oxygens (including phenoxy) is 1. The van der Waals surface area contributed by atoms with Gasteiger partial charge in [-0.25, -0.2) is 4.57 Å². The molecule has 0 radical (unpaired) electrons. The molecule has 4 rings (SSSR count). The van der Waals surface area contributed by atoms with E-state index < -0.39 is 0 Å². The molecule has 0 bridgehead atoms. The van der Waals surface area contributed by atoms with E-state index in [0.717, 1.165) is 23.9 Å². The van der Waals surface area contributed by atoms with E-state index >= 15 is 0 Å². The fourth-order valence-electron chi connectivity index (χ4n) is 2.92. The predicted octanol–water partition coefficient (Wildman–Crippen LogP) is 3.62. The Hall–Kier alpha value is -2.10. The monoisotopic (exact) mass is 311 g/mol. The van der Waals surface area contributed by atoms with Gasteiger partial charge in [0.25, 0.3) is 5.82 Å². The molecular weight excluding hydrogens is 296 g/mol. The lowest BCUT2D eigenvalue weighted by atomic mass is 10.1. The van der Waals surface area contributed by atoms with Crippen LogP contribution in [0.3, 0.4) is 0 Å². The molecule has 0 aliphatic carbocycles. The number of halogens is 1. The van der Waals surface area contributed by atoms with Crippen molar-refractivity contribution >= 4 is 11.6 Å². The molecule has 110 valence electrons. The molecule has 2 heterocycles. The number of nitrogens with zero attached hydrogens (tertiary/aromatic N) is 2. The summed E-state index contributed by atoms with van der Waals surface area (Å²) >= 11 is 6.01. The smallest absolute Gasteiger partial charge is 0.288 e. The Balaban J connectivity index is 1.89. The second-order valence-electron chi connectivity index (χ2n) is 5.35. The second-order valence-corrected chi connectivity index (χ2v) is 5.78. The zero-order chi connectivity index (χ0) is 14.9. The van der Waals surface area contributed by atoms with Crippen LogP contribution < -0.4 is 4.57 Å². The largest absolute Gasteiger partial charge is 0.365 e. The Kier molecular flexibility index (Phi) is 3.45. The molecule has 0 saturated carbocycles. The van der Waals surface area contributed by atoms with E-state index in [2.05, 4.69) is 51.7 Å². The average Bonchev–Trinajstić information content (AvgIpc) is 2.96. The number of hydrogen-bond donors (Lipinski definition) is 0. The van der Waals surface area contributed by atoms with Gasteiger partial charge in [0.2, 0.25) is 0 Å². The van der Waals surface area contributed by atoms with Crippen molar-refractivity contribution in [1.29, 1.82) is 0 Å². The Morgan fingerprint density at radius 2 is 1.77 bits per heavy atom. The minimum atomic E-state index is 0.627. The van der Waals surface area contributed by atoms with Gasteiger partial charge in [0.15, 0.2) is 5.69 Å². The molecule has 0 atom stereocenters. The van der Waals surface area contributed by atoms with E-state index in [1.165, 1.54) is 17.1 Å². The van der Waals surface area contributed by atoms with E-state index in [-0.39, 0.29) is 0 Å². The van der Waals surface area contributed by atoms with E-state index in [1.54, 1.807) is 0 Å². The Morgan fingerprint density at radius 3 is 2.55 bits per heavy atom. The minimum absolute atomic E-state index is 0.627. The van der Waals surface area contributed by atoms with Crippen molar-refractivity contribution in [3.63, 3.8) is 0 Å². The average molecular weight is 312 g/mol. The maximum absolute atomic E-state index is 6.01. The van der Waals surface area contributed by atoms with Crippen LogP contribution in [0.2, 0.25) is 5.02 Å². The van der Waals surface area contributed by atoms with Crippen LogP contribution in [0, 0.1) is 0 Å². The van der Waals surface area contributed by atoms with Crippen molar-refractivity contribution in [3.05, 3.63) is 71.6 Å². The lowest BCUT2D eigenvalue weighted by Crippen LogP contribution is -2.45. The molecule has 4 heteroatoms. The van der Waals surface area contributed by atoms with Gasteiger partial charge in [-0.05, 0) is 36.4 Å². The summed E-state index contributed by atoms with van der Waals surface area (Å²) in [6, 6.07) is 18.4. The van der Waals surface area contributed by atoms with Crippen LogP contribution in [0.25, 0.3) is 16.9 Å². The van der Waals surface area contributed by atoms with Crippen molar-refractivity contribution in [1.82, 2.24) is 4.57 Å². The number of para-hydroxylation sites is 1. The third-order valence-corrected chi connectivity index (χ3v) is 4.25. The summed E-state index contributed by atoms with van der Waals surface area (Å²) in [5, 5.41) is 0.758. The highest BCUT2D eigenvalue weighted by molar-refractivity contribution is 6.30. The summed E-state index contributed by atoms with van der Waals surface area (Å²) in [6.07, 6.45) is 2.18. The molecule has 0 amide bonds. The van der Waals surface area contributed by atoms with Crippen LogP contribution in [-0.2, 0) is 17.9 Å². The number of hydrogen-bond acceptors (Lipinski definition) is 1. The lowest BCUT2D eigenvalue weighted by Gasteiger charge is -2.12. The van der Waals surface area contributed by atoms with Gasteiger partial charge in [-0.3, -0.25) is 0 Å². The Bertz CT molecular complexity index is 794. The molecule has 2 aromatic carbocycles. The first-order valence-corrected chi connectivity index (χ1v) is 7.74. The number of imidazole rings is 1. The molecule has 0 unspecified atom stereocenters. The van der Waals surface area contributed by atoms with Crippen LogP contribution in [0.1, 0.15) is 5.82 Å². The molecular formula is C18H16ClN2O+. The third-order valence-electron chi connectivity index (χ3n) is 4.00. The fourth-order valence-corrected chi connectivity index (χ4v) is 3.04. The van der Waals surface area contributed by atoms with Gasteiger partial charge in [-0.1, -0.05) is 29.8 Å². The SMILES string of the molecule is Clc1ccc(-c2cn(-c3ccccc3)c3[n+]2CCOC3)cc1. The minimum Gasteiger partial charge on any atom is -0.365 e. The maximum atomic E-state index is 6.01. The van der Waals surface area contributed by atoms with E-state index in [1.807, 2.05) is 18.2 Å². The fraction of sp³-hybridized carbons (Fsp3) is 0.167. The van der Waals surface area contributed by atoms with E-state index in [9.17, 15) is 0 Å². The molecule has 3 nitrogen and oxygen atoms in total. The van der Waals surface area contributed by atoms with Gasteiger partial charge in [0.05, 0.1) is 6.61 Å². The summed E-state index contributed by atoms with van der Waals surface area (Å²) in [5.41, 5.74) is 3.51. The van der Waals surface area contributed by atoms with Gasteiger partial charge in [-0.2, -0.15) is 4.57 Å². The first-order chi connectivity index (χ1) is 10.8. The van der Waals surface area contributed by atoms with Crippen molar-refractivity contribution in [2.45, 2.75) is 13.2 Å². The molecule has 0 fully saturated rings. The predicted molar refractivity (Wildman–Crippen MR) is 86.1 cm³/mol. The molecule has 22 heavy (non-hydrogen) atoms. The van der Waals surface area contributed by atoms with Crippen molar-refractivity contribution in [3.8, 4) is 16.9 Å². The number of fused-ring (bicyclic) bond motifs is 1. The zero-order valence-electron chi connectivity index (χ0n) is 12.1. The summed E-state index contributed by atoms with van der Waals surface area (Å²) in [6.45, 7) is 2.24. The molecule has 0 N–H and O–H groups in total. The van der Waals surface area contributed by atoms with Crippen molar-refractivity contribution < 1.29 is 9.30 Å². The normalized spacial score (nSPS) is 13.9. The highest BCUT2D eigenvalue weighted by atomic mass is 35.5. The van der Waals surface area contributed by atoms with Crippen LogP contribution in [0.4, 0.5) is 0 Å². The van der Waals surface area contributed by atoms with Gasteiger partial charge in [0.1, 0.15) is 25.0 Å². The molecule has 0 spiro atoms. The van der Waals surface area contributed by atoms with Crippen LogP contribution in [0.15, 0.2) is 60.8 Å². The van der Waals surface area contributed by atoms with Gasteiger partial charge in [-0.15, -0.1) is 0 Å². The summed E-state index contributed by atoms with van der Waals surface area (Å²) in [7, 11) is 0. The summed E-state index contributed by atoms with van der Waals surface area (Å²) < 4.78 is 10.2. The summed E-state index contributed by atoms with van der Waals surface area (Å²) in [5.74, 6) is 1.17. The van der Waals surface area contributed by atoms with Gasteiger partial charge in [0, 0.05) is 10.6 Å². The first-order valence-electron chi connectivity index (χ1n) is 7.36. The van der Waals surface area contributed by atoms with E-state index in [0.29, 0.717) is 6.61 Å². The topological polar surface area (TPSA) is 18.0 Å². The second kappa shape index (κ2) is 5.59. The van der Waals surface area contributed by atoms with Crippen molar-refractivity contribution in [2.24, 2.45) is 0 Å². The molecule has 0 saturated heterocycles. The van der Waals surface area contributed by atoms with Crippen molar-refractivity contribution in [2.75, 3.05) is 6.61 Å². The molecule has 1 aromatic heterocycles.